The van der Waals surface area contributed by atoms with Gasteiger partial charge in [-0.3, -0.25) is 14.9 Å². The number of aryl methyl sites for hydroxylation is 1. The van der Waals surface area contributed by atoms with Crippen molar-refractivity contribution in [2.75, 3.05) is 10.6 Å². The Hall–Kier alpha value is -3.59. The molecule has 4 rings (SSSR count). The summed E-state index contributed by atoms with van der Waals surface area (Å²) < 4.78 is 1.78. The van der Waals surface area contributed by atoms with Crippen molar-refractivity contribution in [2.45, 2.75) is 34.2 Å². The summed E-state index contributed by atoms with van der Waals surface area (Å²) in [5, 5.41) is 16.3. The van der Waals surface area contributed by atoms with Gasteiger partial charge in [-0.2, -0.15) is 0 Å². The molecule has 0 spiro atoms. The Labute approximate surface area is 189 Å². The topological polar surface area (TPSA) is 102 Å². The van der Waals surface area contributed by atoms with Crippen LogP contribution in [0.2, 0.25) is 0 Å². The van der Waals surface area contributed by atoms with E-state index < -0.39 is 5.41 Å². The normalized spacial score (nSPS) is 11.5. The Morgan fingerprint density at radius 2 is 1.81 bits per heavy atom. The summed E-state index contributed by atoms with van der Waals surface area (Å²) in [6.45, 7) is 8.32. The summed E-state index contributed by atoms with van der Waals surface area (Å²) in [5.74, 6) is -0.293. The number of thiazole rings is 1. The van der Waals surface area contributed by atoms with Crippen molar-refractivity contribution in [2.24, 2.45) is 5.41 Å². The number of rotatable bonds is 5. The van der Waals surface area contributed by atoms with E-state index in [1.807, 2.05) is 63.4 Å². The Bertz CT molecular complexity index is 1280. The van der Waals surface area contributed by atoms with E-state index in [-0.39, 0.29) is 11.8 Å². The van der Waals surface area contributed by atoms with E-state index in [1.165, 1.54) is 11.3 Å². The highest BCUT2D eigenvalue weighted by Crippen LogP contribution is 2.27. The molecule has 0 aliphatic carbocycles. The molecular weight excluding hydrogens is 424 g/mol. The molecule has 2 aromatic carbocycles. The number of aromatic nitrogens is 4. The lowest BCUT2D eigenvalue weighted by molar-refractivity contribution is -0.123. The average Bonchev–Trinajstić information content (AvgIpc) is 3.39. The highest BCUT2D eigenvalue weighted by Gasteiger charge is 2.21. The smallest absolute Gasteiger partial charge is 0.257 e. The summed E-state index contributed by atoms with van der Waals surface area (Å²) in [5.41, 5.74) is 3.98. The van der Waals surface area contributed by atoms with Gasteiger partial charge in [-0.15, -0.1) is 16.4 Å². The van der Waals surface area contributed by atoms with Crippen LogP contribution in [0, 0.1) is 5.41 Å². The molecule has 0 saturated carbocycles. The average molecular weight is 449 g/mol. The molecule has 0 fully saturated rings. The van der Waals surface area contributed by atoms with E-state index in [4.69, 9.17) is 0 Å². The first kappa shape index (κ1) is 21.6. The molecule has 0 aliphatic heterocycles. The molecule has 2 heterocycles. The predicted octanol–water partition coefficient (Wildman–Crippen LogP) is 4.81. The highest BCUT2D eigenvalue weighted by molar-refractivity contribution is 7.14. The van der Waals surface area contributed by atoms with Gasteiger partial charge in [0, 0.05) is 34.2 Å². The number of hydrogen-bond donors (Lipinski definition) is 2. The maximum absolute atomic E-state index is 12.7. The van der Waals surface area contributed by atoms with Gasteiger partial charge in [0.1, 0.15) is 5.52 Å². The molecule has 4 aromatic rings. The van der Waals surface area contributed by atoms with Crippen molar-refractivity contribution in [3.05, 3.63) is 53.4 Å². The van der Waals surface area contributed by atoms with Crippen molar-refractivity contribution in [3.63, 3.8) is 0 Å². The van der Waals surface area contributed by atoms with Gasteiger partial charge >= 0.3 is 0 Å². The fourth-order valence-corrected chi connectivity index (χ4v) is 3.74. The van der Waals surface area contributed by atoms with Crippen molar-refractivity contribution < 1.29 is 9.59 Å². The number of nitrogens with one attached hydrogen (secondary N) is 2. The van der Waals surface area contributed by atoms with Crippen molar-refractivity contribution in [3.8, 4) is 11.3 Å². The van der Waals surface area contributed by atoms with E-state index in [0.717, 1.165) is 22.5 Å². The first-order valence-electron chi connectivity index (χ1n) is 10.3. The minimum absolute atomic E-state index is 0.0423. The molecule has 8 nitrogen and oxygen atoms in total. The third-order valence-electron chi connectivity index (χ3n) is 4.92. The molecule has 9 heteroatoms. The molecule has 0 aliphatic rings. The Morgan fingerprint density at radius 1 is 1.06 bits per heavy atom. The van der Waals surface area contributed by atoms with E-state index >= 15 is 0 Å². The maximum atomic E-state index is 12.7. The van der Waals surface area contributed by atoms with Crippen LogP contribution in [0.3, 0.4) is 0 Å². The van der Waals surface area contributed by atoms with Gasteiger partial charge in [0.25, 0.3) is 5.91 Å². The number of carbonyl (C=O) groups excluding carboxylic acids is 2. The van der Waals surface area contributed by atoms with Crippen LogP contribution in [0.25, 0.3) is 22.3 Å². The number of carbonyl (C=O) groups is 2. The van der Waals surface area contributed by atoms with E-state index in [1.54, 1.807) is 16.8 Å². The number of hydrogen-bond acceptors (Lipinski definition) is 6. The zero-order valence-corrected chi connectivity index (χ0v) is 19.2. The molecule has 2 amide bonds. The Morgan fingerprint density at radius 3 is 2.50 bits per heavy atom. The number of anilines is 2. The molecule has 2 N–H and O–H groups in total. The fraction of sp³-hybridized carbons (Fsp3) is 0.261. The molecule has 0 unspecified atom stereocenters. The van der Waals surface area contributed by atoms with Gasteiger partial charge in [0.05, 0.1) is 11.2 Å². The maximum Gasteiger partial charge on any atom is 0.257 e. The van der Waals surface area contributed by atoms with Crippen LogP contribution in [0.5, 0.6) is 0 Å². The summed E-state index contributed by atoms with van der Waals surface area (Å²) >= 11 is 1.35. The van der Waals surface area contributed by atoms with Gasteiger partial charge in [-0.1, -0.05) is 38.1 Å². The van der Waals surface area contributed by atoms with E-state index in [0.29, 0.717) is 22.8 Å². The molecule has 0 saturated heterocycles. The van der Waals surface area contributed by atoms with Crippen LogP contribution in [-0.4, -0.2) is 31.8 Å². The van der Waals surface area contributed by atoms with Crippen molar-refractivity contribution in [1.29, 1.82) is 0 Å². The van der Waals surface area contributed by atoms with Gasteiger partial charge in [-0.25, -0.2) is 9.67 Å². The standard InChI is InChI=1S/C23H24N6O2S/c1-5-29-19-11-8-15(12-17(19)27-28-29)20(30)26-22-25-18(13-32-22)14-6-9-16(10-7-14)24-21(31)23(2,3)4/h6-13H,5H2,1-4H3,(H,24,31)(H,25,26,30). The summed E-state index contributed by atoms with van der Waals surface area (Å²) in [6.07, 6.45) is 0. The van der Waals surface area contributed by atoms with Crippen molar-refractivity contribution >= 4 is 45.0 Å². The van der Waals surface area contributed by atoms with Gasteiger partial charge < -0.3 is 5.32 Å². The first-order chi connectivity index (χ1) is 15.2. The fourth-order valence-electron chi connectivity index (χ4n) is 3.02. The predicted molar refractivity (Wildman–Crippen MR) is 127 cm³/mol. The molecule has 164 valence electrons. The van der Waals surface area contributed by atoms with Crippen molar-refractivity contribution in [1.82, 2.24) is 20.0 Å². The van der Waals surface area contributed by atoms with Crippen LogP contribution in [0.15, 0.2) is 47.8 Å². The van der Waals surface area contributed by atoms with Gasteiger partial charge in [0.15, 0.2) is 5.13 Å². The quantitative estimate of drug-likeness (QED) is 0.456. The lowest BCUT2D eigenvalue weighted by Gasteiger charge is -2.17. The lowest BCUT2D eigenvalue weighted by Crippen LogP contribution is -2.27. The highest BCUT2D eigenvalue weighted by atomic mass is 32.1. The Balaban J connectivity index is 1.44. The summed E-state index contributed by atoms with van der Waals surface area (Å²) in [6, 6.07) is 12.8. The SMILES string of the molecule is CCn1nnc2cc(C(=O)Nc3nc(-c4ccc(NC(=O)C(C)(C)C)cc4)cs3)ccc21. The molecule has 0 bridgehead atoms. The van der Waals surface area contributed by atoms with Crippen LogP contribution in [-0.2, 0) is 11.3 Å². The third-order valence-corrected chi connectivity index (χ3v) is 5.68. The van der Waals surface area contributed by atoms with Gasteiger partial charge in [-0.05, 0) is 37.3 Å². The van der Waals surface area contributed by atoms with Crippen LogP contribution < -0.4 is 10.6 Å². The number of nitrogens with zero attached hydrogens (tertiary/aromatic N) is 4. The van der Waals surface area contributed by atoms with E-state index in [2.05, 4.69) is 25.9 Å². The molecule has 0 atom stereocenters. The second-order valence-electron chi connectivity index (χ2n) is 8.38. The van der Waals surface area contributed by atoms with Crippen LogP contribution in [0.4, 0.5) is 10.8 Å². The zero-order valence-electron chi connectivity index (χ0n) is 18.3. The second-order valence-corrected chi connectivity index (χ2v) is 9.24. The van der Waals surface area contributed by atoms with Crippen LogP contribution in [0.1, 0.15) is 38.1 Å². The molecule has 0 radical (unpaired) electrons. The molecule has 32 heavy (non-hydrogen) atoms. The van der Waals surface area contributed by atoms with E-state index in [9.17, 15) is 9.59 Å². The minimum Gasteiger partial charge on any atom is -0.326 e. The molecule has 2 aromatic heterocycles. The van der Waals surface area contributed by atoms with Crippen LogP contribution >= 0.6 is 11.3 Å². The number of fused-ring (bicyclic) bond motifs is 1. The molecular formula is C23H24N6O2S. The zero-order chi connectivity index (χ0) is 22.9. The number of benzene rings is 2. The number of amides is 2. The first-order valence-corrected chi connectivity index (χ1v) is 11.1. The summed E-state index contributed by atoms with van der Waals surface area (Å²) in [4.78, 5) is 29.3. The second kappa shape index (κ2) is 8.51. The third kappa shape index (κ3) is 4.52. The minimum atomic E-state index is -0.461. The summed E-state index contributed by atoms with van der Waals surface area (Å²) in [7, 11) is 0. The Kier molecular flexibility index (Phi) is 5.75. The van der Waals surface area contributed by atoms with Gasteiger partial charge in [0.2, 0.25) is 5.91 Å². The largest absolute Gasteiger partial charge is 0.326 e. The monoisotopic (exact) mass is 448 g/mol. The lowest BCUT2D eigenvalue weighted by atomic mass is 9.95.